The number of nitrogens with one attached hydrogen (secondary N) is 1. The molecule has 1 aliphatic rings. The molecule has 1 aromatic carbocycles. The minimum atomic E-state index is -0.207. The molecule has 1 atom stereocenters. The van der Waals surface area contributed by atoms with Gasteiger partial charge in [-0.1, -0.05) is 35.2 Å². The lowest BCUT2D eigenvalue weighted by Crippen LogP contribution is -2.16. The van der Waals surface area contributed by atoms with E-state index in [9.17, 15) is 4.39 Å². The minimum Gasteiger partial charge on any atom is -0.307 e. The van der Waals surface area contributed by atoms with Crippen molar-refractivity contribution >= 4 is 28.1 Å². The van der Waals surface area contributed by atoms with E-state index in [-0.39, 0.29) is 11.9 Å². The molecule has 2 aromatic heterocycles. The summed E-state index contributed by atoms with van der Waals surface area (Å²) in [5.41, 5.74) is 1.08. The summed E-state index contributed by atoms with van der Waals surface area (Å²) in [4.78, 5) is 0.824. The van der Waals surface area contributed by atoms with Gasteiger partial charge in [0.2, 0.25) is 4.96 Å². The van der Waals surface area contributed by atoms with Gasteiger partial charge in [-0.15, -0.1) is 15.3 Å². The van der Waals surface area contributed by atoms with E-state index in [1.54, 1.807) is 23.9 Å². The fourth-order valence-electron chi connectivity index (χ4n) is 2.52. The Morgan fingerprint density at radius 2 is 2.18 bits per heavy atom. The minimum absolute atomic E-state index is 0.207. The zero-order valence-corrected chi connectivity index (χ0v) is 13.3. The van der Waals surface area contributed by atoms with Gasteiger partial charge in [-0.3, -0.25) is 0 Å². The second kappa shape index (κ2) is 5.94. The highest BCUT2D eigenvalue weighted by Crippen LogP contribution is 2.29. The van der Waals surface area contributed by atoms with Crippen molar-refractivity contribution in [2.24, 2.45) is 0 Å². The predicted molar refractivity (Wildman–Crippen MR) is 84.6 cm³/mol. The van der Waals surface area contributed by atoms with E-state index in [4.69, 9.17) is 0 Å². The molecule has 1 unspecified atom stereocenters. The first kappa shape index (κ1) is 14.1. The number of aromatic nitrogens is 4. The highest BCUT2D eigenvalue weighted by atomic mass is 32.2. The Hall–Kier alpha value is -1.51. The number of rotatable bonds is 4. The summed E-state index contributed by atoms with van der Waals surface area (Å²) >= 11 is 3.18. The Balaban J connectivity index is 1.51. The van der Waals surface area contributed by atoms with Crippen molar-refractivity contribution in [1.29, 1.82) is 0 Å². The standard InChI is InChI=1S/C14H14FN5S2/c15-10-5-3-9(4-6-10)8-21-14-19-20-12(11-2-1-7-16-11)17-18-13(20)22-14/h3-6,11,16H,1-2,7-8H2. The third-order valence-corrected chi connectivity index (χ3v) is 5.75. The van der Waals surface area contributed by atoms with Crippen LogP contribution < -0.4 is 5.32 Å². The third kappa shape index (κ3) is 2.73. The first-order valence-electron chi connectivity index (χ1n) is 7.12. The van der Waals surface area contributed by atoms with Crippen LogP contribution in [0.4, 0.5) is 4.39 Å². The zero-order chi connectivity index (χ0) is 14.9. The van der Waals surface area contributed by atoms with Crippen molar-refractivity contribution in [1.82, 2.24) is 25.1 Å². The van der Waals surface area contributed by atoms with E-state index < -0.39 is 0 Å². The maximum atomic E-state index is 12.9. The quantitative estimate of drug-likeness (QED) is 0.743. The molecule has 0 saturated carbocycles. The van der Waals surface area contributed by atoms with Gasteiger partial charge in [0.1, 0.15) is 5.82 Å². The zero-order valence-electron chi connectivity index (χ0n) is 11.7. The first-order valence-corrected chi connectivity index (χ1v) is 8.92. The summed E-state index contributed by atoms with van der Waals surface area (Å²) in [5.74, 6) is 1.46. The normalized spacial score (nSPS) is 18.3. The molecule has 8 heteroatoms. The van der Waals surface area contributed by atoms with E-state index in [0.29, 0.717) is 0 Å². The lowest BCUT2D eigenvalue weighted by molar-refractivity contribution is 0.582. The van der Waals surface area contributed by atoms with Crippen LogP contribution in [0.25, 0.3) is 4.96 Å². The molecule has 0 bridgehead atoms. The van der Waals surface area contributed by atoms with Crippen LogP contribution in [0.3, 0.4) is 0 Å². The van der Waals surface area contributed by atoms with Crippen LogP contribution in [0.15, 0.2) is 28.6 Å². The van der Waals surface area contributed by atoms with Gasteiger partial charge >= 0.3 is 0 Å². The molecule has 1 saturated heterocycles. The summed E-state index contributed by atoms with van der Waals surface area (Å²) in [6, 6.07) is 6.83. The summed E-state index contributed by atoms with van der Waals surface area (Å²) in [6.45, 7) is 1.02. The van der Waals surface area contributed by atoms with Crippen molar-refractivity contribution in [2.75, 3.05) is 6.54 Å². The smallest absolute Gasteiger partial charge is 0.235 e. The summed E-state index contributed by atoms with van der Waals surface area (Å²) in [7, 11) is 0. The molecule has 0 radical (unpaired) electrons. The molecular weight excluding hydrogens is 321 g/mol. The van der Waals surface area contributed by atoms with Crippen molar-refractivity contribution < 1.29 is 4.39 Å². The van der Waals surface area contributed by atoms with Gasteiger partial charge in [0.15, 0.2) is 10.2 Å². The van der Waals surface area contributed by atoms with Gasteiger partial charge in [0.05, 0.1) is 6.04 Å². The van der Waals surface area contributed by atoms with E-state index >= 15 is 0 Å². The molecule has 22 heavy (non-hydrogen) atoms. The number of benzene rings is 1. The average molecular weight is 335 g/mol. The highest BCUT2D eigenvalue weighted by molar-refractivity contribution is 8.00. The van der Waals surface area contributed by atoms with Gasteiger partial charge in [-0.05, 0) is 37.1 Å². The van der Waals surface area contributed by atoms with Crippen molar-refractivity contribution in [2.45, 2.75) is 29.0 Å². The lowest BCUT2D eigenvalue weighted by atomic mass is 10.2. The number of thioether (sulfide) groups is 1. The number of halogens is 1. The molecular formula is C14H14FN5S2. The van der Waals surface area contributed by atoms with Crippen molar-refractivity contribution in [3.63, 3.8) is 0 Å². The molecule has 0 spiro atoms. The predicted octanol–water partition coefficient (Wildman–Crippen LogP) is 3.04. The maximum Gasteiger partial charge on any atom is 0.235 e. The molecule has 0 aliphatic carbocycles. The van der Waals surface area contributed by atoms with Crippen LogP contribution in [0, 0.1) is 5.82 Å². The van der Waals surface area contributed by atoms with E-state index in [1.165, 1.54) is 23.5 Å². The Bertz CT molecular complexity index is 776. The Morgan fingerprint density at radius 3 is 2.95 bits per heavy atom. The largest absolute Gasteiger partial charge is 0.307 e. The molecule has 5 nitrogen and oxygen atoms in total. The van der Waals surface area contributed by atoms with E-state index in [0.717, 1.165) is 45.8 Å². The van der Waals surface area contributed by atoms with Crippen LogP contribution in [-0.2, 0) is 5.75 Å². The van der Waals surface area contributed by atoms with Gasteiger partial charge in [-0.25, -0.2) is 4.39 Å². The van der Waals surface area contributed by atoms with Crippen LogP contribution in [0.5, 0.6) is 0 Å². The Morgan fingerprint density at radius 1 is 1.32 bits per heavy atom. The molecule has 1 N–H and O–H groups in total. The topological polar surface area (TPSA) is 55.1 Å². The van der Waals surface area contributed by atoms with Gasteiger partial charge < -0.3 is 5.32 Å². The fourth-order valence-corrected chi connectivity index (χ4v) is 4.36. The number of nitrogens with zero attached hydrogens (tertiary/aromatic N) is 4. The summed E-state index contributed by atoms with van der Waals surface area (Å²) < 4.78 is 15.7. The first-order chi connectivity index (χ1) is 10.8. The van der Waals surface area contributed by atoms with E-state index in [2.05, 4.69) is 20.6 Å². The monoisotopic (exact) mass is 335 g/mol. The summed E-state index contributed by atoms with van der Waals surface area (Å²) in [6.07, 6.45) is 2.24. The highest BCUT2D eigenvalue weighted by Gasteiger charge is 2.23. The van der Waals surface area contributed by atoms with Gasteiger partial charge in [-0.2, -0.15) is 4.52 Å². The SMILES string of the molecule is Fc1ccc(CSc2nn3c(C4CCCN4)nnc3s2)cc1. The number of fused-ring (bicyclic) bond motifs is 1. The van der Waals surface area contributed by atoms with Gasteiger partial charge in [0.25, 0.3) is 0 Å². The van der Waals surface area contributed by atoms with Crippen LogP contribution in [0.1, 0.15) is 30.3 Å². The Kier molecular flexibility index (Phi) is 3.81. The Labute approximate surface area is 135 Å². The molecule has 1 aliphatic heterocycles. The average Bonchev–Trinajstić information content (AvgIpc) is 3.22. The molecule has 3 heterocycles. The van der Waals surface area contributed by atoms with Crippen molar-refractivity contribution in [3.05, 3.63) is 41.5 Å². The van der Waals surface area contributed by atoms with Crippen LogP contribution >= 0.6 is 23.1 Å². The molecule has 3 aromatic rings. The van der Waals surface area contributed by atoms with Gasteiger partial charge in [0, 0.05) is 5.75 Å². The second-order valence-corrected chi connectivity index (χ2v) is 7.36. The molecule has 1 fully saturated rings. The molecule has 4 rings (SSSR count). The fraction of sp³-hybridized carbons (Fsp3) is 0.357. The lowest BCUT2D eigenvalue weighted by Gasteiger charge is -2.04. The van der Waals surface area contributed by atoms with E-state index in [1.807, 2.05) is 4.52 Å². The number of hydrogen-bond donors (Lipinski definition) is 1. The molecule has 0 amide bonds. The maximum absolute atomic E-state index is 12.9. The van der Waals surface area contributed by atoms with Crippen LogP contribution in [0.2, 0.25) is 0 Å². The van der Waals surface area contributed by atoms with Crippen LogP contribution in [-0.4, -0.2) is 26.4 Å². The van der Waals surface area contributed by atoms with Crippen molar-refractivity contribution in [3.8, 4) is 0 Å². The molecule has 114 valence electrons. The third-order valence-electron chi connectivity index (χ3n) is 3.64. The number of hydrogen-bond acceptors (Lipinski definition) is 6. The summed E-state index contributed by atoms with van der Waals surface area (Å²) in [5, 5.41) is 16.5. The second-order valence-electron chi connectivity index (χ2n) is 5.18.